The summed E-state index contributed by atoms with van der Waals surface area (Å²) < 4.78 is 4.72. The molecule has 2 aromatic rings. The maximum Gasteiger partial charge on any atom is 0.241 e. The minimum Gasteiger partial charge on any atom is -0.397 e. The van der Waals surface area contributed by atoms with Crippen LogP contribution in [-0.2, 0) is 9.59 Å². The maximum atomic E-state index is 11.8. The molecule has 1 heterocycles. The van der Waals surface area contributed by atoms with Crippen molar-refractivity contribution in [2.24, 2.45) is 0 Å². The SMILES string of the molecule is CN(C)C(=O)CNC(=O)CCN(C)c1ccc(N)c2nonc12. The van der Waals surface area contributed by atoms with Gasteiger partial charge in [-0.3, -0.25) is 9.59 Å². The zero-order valence-electron chi connectivity index (χ0n) is 13.4. The Labute approximate surface area is 133 Å². The average Bonchev–Trinajstić information content (AvgIpc) is 3.00. The molecule has 9 nitrogen and oxygen atoms in total. The normalized spacial score (nSPS) is 10.6. The molecule has 2 amide bonds. The highest BCUT2D eigenvalue weighted by Crippen LogP contribution is 2.27. The summed E-state index contributed by atoms with van der Waals surface area (Å²) >= 11 is 0. The number of hydrogen-bond donors (Lipinski definition) is 2. The van der Waals surface area contributed by atoms with Gasteiger partial charge in [-0.05, 0) is 22.4 Å². The summed E-state index contributed by atoms with van der Waals surface area (Å²) in [5.41, 5.74) is 8.11. The summed E-state index contributed by atoms with van der Waals surface area (Å²) in [7, 11) is 5.11. The summed E-state index contributed by atoms with van der Waals surface area (Å²) in [6.45, 7) is 0.447. The standard InChI is InChI=1S/C14H20N6O3/c1-19(2)12(22)8-16-11(21)6-7-20(3)10-5-4-9(15)13-14(10)18-23-17-13/h4-5H,6-8,15H2,1-3H3,(H,16,21). The molecule has 0 aliphatic rings. The summed E-state index contributed by atoms with van der Waals surface area (Å²) in [6, 6.07) is 3.52. The largest absolute Gasteiger partial charge is 0.397 e. The van der Waals surface area contributed by atoms with Crippen LogP contribution < -0.4 is 16.0 Å². The second kappa shape index (κ2) is 6.95. The molecule has 2 rings (SSSR count). The minimum absolute atomic E-state index is 0.00509. The van der Waals surface area contributed by atoms with Crippen molar-refractivity contribution in [2.45, 2.75) is 6.42 Å². The molecule has 1 aromatic heterocycles. The van der Waals surface area contributed by atoms with Crippen LogP contribution in [0.4, 0.5) is 11.4 Å². The summed E-state index contributed by atoms with van der Waals surface area (Å²) in [6.07, 6.45) is 0.244. The number of nitrogen functional groups attached to an aromatic ring is 1. The molecule has 23 heavy (non-hydrogen) atoms. The van der Waals surface area contributed by atoms with E-state index in [1.54, 1.807) is 26.2 Å². The van der Waals surface area contributed by atoms with Gasteiger partial charge in [-0.15, -0.1) is 0 Å². The van der Waals surface area contributed by atoms with Gasteiger partial charge in [-0.1, -0.05) is 0 Å². The van der Waals surface area contributed by atoms with Gasteiger partial charge in [0.1, 0.15) is 0 Å². The van der Waals surface area contributed by atoms with E-state index in [2.05, 4.69) is 15.6 Å². The Balaban J connectivity index is 1.93. The van der Waals surface area contributed by atoms with Crippen LogP contribution in [-0.4, -0.2) is 61.3 Å². The lowest BCUT2D eigenvalue weighted by molar-refractivity contribution is -0.130. The van der Waals surface area contributed by atoms with E-state index in [0.717, 1.165) is 5.69 Å². The zero-order chi connectivity index (χ0) is 17.0. The number of rotatable bonds is 6. The van der Waals surface area contributed by atoms with E-state index < -0.39 is 0 Å². The molecule has 0 atom stereocenters. The van der Waals surface area contributed by atoms with Gasteiger partial charge in [0.05, 0.1) is 17.9 Å². The van der Waals surface area contributed by atoms with Crippen LogP contribution in [0, 0.1) is 0 Å². The third-order valence-electron chi connectivity index (χ3n) is 3.45. The number of fused-ring (bicyclic) bond motifs is 1. The van der Waals surface area contributed by atoms with Crippen LogP contribution >= 0.6 is 0 Å². The first kappa shape index (κ1) is 16.5. The number of hydrogen-bond acceptors (Lipinski definition) is 7. The fourth-order valence-corrected chi connectivity index (χ4v) is 1.99. The third kappa shape index (κ3) is 3.87. The molecular weight excluding hydrogens is 300 g/mol. The van der Waals surface area contributed by atoms with Crippen molar-refractivity contribution in [3.8, 4) is 0 Å². The van der Waals surface area contributed by atoms with E-state index in [9.17, 15) is 9.59 Å². The maximum absolute atomic E-state index is 11.8. The lowest BCUT2D eigenvalue weighted by Gasteiger charge is -2.19. The van der Waals surface area contributed by atoms with Crippen LogP contribution in [0.3, 0.4) is 0 Å². The number of carbonyl (C=O) groups excluding carboxylic acids is 2. The first-order valence-electron chi connectivity index (χ1n) is 7.09. The molecule has 3 N–H and O–H groups in total. The Morgan fingerprint density at radius 3 is 2.61 bits per heavy atom. The third-order valence-corrected chi connectivity index (χ3v) is 3.45. The topological polar surface area (TPSA) is 118 Å². The fraction of sp³-hybridized carbons (Fsp3) is 0.429. The molecule has 0 unspecified atom stereocenters. The molecule has 0 radical (unpaired) electrons. The molecular formula is C14H20N6O3. The summed E-state index contributed by atoms with van der Waals surface area (Å²) in [5, 5.41) is 10.2. The second-order valence-electron chi connectivity index (χ2n) is 5.37. The lowest BCUT2D eigenvalue weighted by Crippen LogP contribution is -2.37. The fourth-order valence-electron chi connectivity index (χ4n) is 1.99. The van der Waals surface area contributed by atoms with Gasteiger partial charge in [0, 0.05) is 34.1 Å². The first-order valence-corrected chi connectivity index (χ1v) is 7.09. The minimum atomic E-state index is -0.197. The first-order chi connectivity index (χ1) is 10.9. The van der Waals surface area contributed by atoms with Crippen molar-refractivity contribution in [3.63, 3.8) is 0 Å². The molecule has 9 heteroatoms. The van der Waals surface area contributed by atoms with Gasteiger partial charge in [-0.2, -0.15) is 0 Å². The zero-order valence-corrected chi connectivity index (χ0v) is 13.4. The molecule has 0 saturated heterocycles. The molecule has 0 spiro atoms. The Morgan fingerprint density at radius 2 is 1.91 bits per heavy atom. The van der Waals surface area contributed by atoms with Crippen LogP contribution in [0.1, 0.15) is 6.42 Å². The highest BCUT2D eigenvalue weighted by Gasteiger charge is 2.14. The van der Waals surface area contributed by atoms with Crippen LogP contribution in [0.2, 0.25) is 0 Å². The number of carbonyl (C=O) groups is 2. The quantitative estimate of drug-likeness (QED) is 0.710. The lowest BCUT2D eigenvalue weighted by atomic mass is 10.2. The summed E-state index contributed by atoms with van der Waals surface area (Å²) in [4.78, 5) is 26.5. The predicted molar refractivity (Wildman–Crippen MR) is 85.8 cm³/mol. The van der Waals surface area contributed by atoms with E-state index in [4.69, 9.17) is 10.4 Å². The highest BCUT2D eigenvalue weighted by molar-refractivity contribution is 5.95. The van der Waals surface area contributed by atoms with E-state index in [1.807, 2.05) is 11.9 Å². The van der Waals surface area contributed by atoms with Crippen molar-refractivity contribution in [3.05, 3.63) is 12.1 Å². The van der Waals surface area contributed by atoms with Gasteiger partial charge in [0.15, 0.2) is 11.0 Å². The molecule has 0 bridgehead atoms. The van der Waals surface area contributed by atoms with Crippen LogP contribution in [0.15, 0.2) is 16.8 Å². The van der Waals surface area contributed by atoms with Crippen molar-refractivity contribution in [1.82, 2.24) is 20.5 Å². The van der Waals surface area contributed by atoms with Crippen LogP contribution in [0.25, 0.3) is 11.0 Å². The number of benzene rings is 1. The average molecular weight is 320 g/mol. The van der Waals surface area contributed by atoms with Gasteiger partial charge < -0.3 is 20.9 Å². The molecule has 0 fully saturated rings. The second-order valence-corrected chi connectivity index (χ2v) is 5.37. The van der Waals surface area contributed by atoms with Crippen molar-refractivity contribution < 1.29 is 14.2 Å². The van der Waals surface area contributed by atoms with E-state index in [0.29, 0.717) is 23.3 Å². The van der Waals surface area contributed by atoms with E-state index in [-0.39, 0.29) is 24.8 Å². The van der Waals surface area contributed by atoms with Crippen molar-refractivity contribution >= 4 is 34.2 Å². The number of nitrogens with zero attached hydrogens (tertiary/aromatic N) is 4. The van der Waals surface area contributed by atoms with Crippen molar-refractivity contribution in [2.75, 3.05) is 44.9 Å². The van der Waals surface area contributed by atoms with Gasteiger partial charge in [0.2, 0.25) is 11.8 Å². The number of amides is 2. The number of anilines is 2. The van der Waals surface area contributed by atoms with Crippen molar-refractivity contribution in [1.29, 1.82) is 0 Å². The highest BCUT2D eigenvalue weighted by atomic mass is 16.6. The number of nitrogens with one attached hydrogen (secondary N) is 1. The monoisotopic (exact) mass is 320 g/mol. The Morgan fingerprint density at radius 1 is 1.22 bits per heavy atom. The summed E-state index contributed by atoms with van der Waals surface area (Å²) in [5.74, 6) is -0.349. The number of aromatic nitrogens is 2. The van der Waals surface area contributed by atoms with Gasteiger partial charge in [-0.25, -0.2) is 4.63 Å². The Kier molecular flexibility index (Phi) is 4.99. The number of nitrogens with two attached hydrogens (primary N) is 1. The predicted octanol–water partition coefficient (Wildman–Crippen LogP) is -0.164. The Hall–Kier alpha value is -2.84. The van der Waals surface area contributed by atoms with Gasteiger partial charge >= 0.3 is 0 Å². The smallest absolute Gasteiger partial charge is 0.241 e. The molecule has 0 saturated carbocycles. The number of likely N-dealkylation sites (N-methyl/N-ethyl adjacent to an activating group) is 1. The molecule has 124 valence electrons. The van der Waals surface area contributed by atoms with Crippen LogP contribution in [0.5, 0.6) is 0 Å². The Bertz CT molecular complexity index is 712. The van der Waals surface area contributed by atoms with Gasteiger partial charge in [0.25, 0.3) is 0 Å². The van der Waals surface area contributed by atoms with E-state index in [1.165, 1.54) is 4.90 Å². The molecule has 0 aliphatic carbocycles. The van der Waals surface area contributed by atoms with E-state index >= 15 is 0 Å². The molecule has 0 aliphatic heterocycles. The molecule has 1 aromatic carbocycles.